The second-order valence-electron chi connectivity index (χ2n) is 7.28. The maximum Gasteiger partial charge on any atom is 0.407 e. The molecule has 0 fully saturated rings. The van der Waals surface area contributed by atoms with Gasteiger partial charge in [-0.3, -0.25) is 0 Å². The third-order valence-electron chi connectivity index (χ3n) is 3.80. The summed E-state index contributed by atoms with van der Waals surface area (Å²) in [6, 6.07) is 8.36. The molecule has 1 rings (SSSR count). The van der Waals surface area contributed by atoms with E-state index in [1.54, 1.807) is 0 Å². The second-order valence-corrected chi connectivity index (χ2v) is 7.28. The molecule has 1 aromatic rings. The lowest BCUT2D eigenvalue weighted by Gasteiger charge is -2.25. The fourth-order valence-electron chi connectivity index (χ4n) is 2.31. The maximum atomic E-state index is 11.8. The van der Waals surface area contributed by atoms with Crippen molar-refractivity contribution in [2.24, 2.45) is 11.8 Å². The van der Waals surface area contributed by atoms with Gasteiger partial charge in [-0.15, -0.1) is 0 Å². The molecule has 0 saturated carbocycles. The highest BCUT2D eigenvalue weighted by Gasteiger charge is 2.19. The van der Waals surface area contributed by atoms with E-state index in [0.29, 0.717) is 18.4 Å². The molecule has 2 N–H and O–H groups in total. The van der Waals surface area contributed by atoms with Crippen LogP contribution in [0.4, 0.5) is 10.5 Å². The molecule has 130 valence electrons. The van der Waals surface area contributed by atoms with Crippen molar-refractivity contribution in [2.45, 2.75) is 53.6 Å². The Labute approximate surface area is 141 Å². The number of aryl methyl sites for hydroxylation is 1. The van der Waals surface area contributed by atoms with Crippen LogP contribution in [0.15, 0.2) is 24.3 Å². The summed E-state index contributed by atoms with van der Waals surface area (Å²) in [5, 5.41) is 6.41. The van der Waals surface area contributed by atoms with Gasteiger partial charge in [-0.2, -0.15) is 0 Å². The van der Waals surface area contributed by atoms with E-state index in [1.807, 2.05) is 26.8 Å². The topological polar surface area (TPSA) is 50.4 Å². The molecule has 0 radical (unpaired) electrons. The molecule has 1 unspecified atom stereocenters. The summed E-state index contributed by atoms with van der Waals surface area (Å²) in [5.41, 5.74) is 2.03. The highest BCUT2D eigenvalue weighted by Crippen LogP contribution is 2.18. The van der Waals surface area contributed by atoms with Crippen LogP contribution in [-0.2, 0) is 11.2 Å². The molecule has 0 aliphatic carbocycles. The van der Waals surface area contributed by atoms with Crippen LogP contribution in [0.1, 0.15) is 47.1 Å². The van der Waals surface area contributed by atoms with E-state index in [1.165, 1.54) is 11.3 Å². The fraction of sp³-hybridized carbons (Fsp3) is 0.632. The molecule has 23 heavy (non-hydrogen) atoms. The summed E-state index contributed by atoms with van der Waals surface area (Å²) in [6.07, 6.45) is 0.656. The fourth-order valence-corrected chi connectivity index (χ4v) is 2.31. The minimum atomic E-state index is -0.463. The van der Waals surface area contributed by atoms with Gasteiger partial charge in [0.2, 0.25) is 0 Å². The van der Waals surface area contributed by atoms with Gasteiger partial charge in [0.1, 0.15) is 5.60 Å². The normalized spacial score (nSPS) is 12.8. The molecule has 0 aliphatic rings. The third-order valence-corrected chi connectivity index (χ3v) is 3.80. The largest absolute Gasteiger partial charge is 0.444 e. The van der Waals surface area contributed by atoms with Gasteiger partial charge >= 0.3 is 6.09 Å². The van der Waals surface area contributed by atoms with E-state index in [-0.39, 0.29) is 6.09 Å². The number of amides is 1. The average Bonchev–Trinajstić information content (AvgIpc) is 2.45. The van der Waals surface area contributed by atoms with Crippen LogP contribution < -0.4 is 10.6 Å². The molecule has 1 atom stereocenters. The number of ether oxygens (including phenoxy) is 1. The molecule has 0 heterocycles. The second kappa shape index (κ2) is 8.80. The van der Waals surface area contributed by atoms with Crippen molar-refractivity contribution < 1.29 is 9.53 Å². The zero-order valence-electron chi connectivity index (χ0n) is 15.4. The van der Waals surface area contributed by atoms with E-state index < -0.39 is 5.60 Å². The monoisotopic (exact) mass is 320 g/mol. The highest BCUT2D eigenvalue weighted by molar-refractivity contribution is 5.67. The number of anilines is 1. The Morgan fingerprint density at radius 2 is 1.83 bits per heavy atom. The lowest BCUT2D eigenvalue weighted by atomic mass is 9.95. The summed E-state index contributed by atoms with van der Waals surface area (Å²) < 4.78 is 5.30. The quantitative estimate of drug-likeness (QED) is 0.780. The number of nitrogens with one attached hydrogen (secondary N) is 2. The first-order valence-corrected chi connectivity index (χ1v) is 8.51. The predicted molar refractivity (Wildman–Crippen MR) is 96.9 cm³/mol. The number of carbonyl (C=O) groups is 1. The summed E-state index contributed by atoms with van der Waals surface area (Å²) in [7, 11) is 0. The Bertz CT molecular complexity index is 492. The van der Waals surface area contributed by atoms with E-state index >= 15 is 0 Å². The van der Waals surface area contributed by atoms with Gasteiger partial charge in [0.15, 0.2) is 0 Å². The van der Waals surface area contributed by atoms with Gasteiger partial charge in [0.25, 0.3) is 0 Å². The van der Waals surface area contributed by atoms with Crippen LogP contribution in [0.2, 0.25) is 0 Å². The maximum absolute atomic E-state index is 11.8. The molecular formula is C19H32N2O2. The average molecular weight is 320 g/mol. The Morgan fingerprint density at radius 3 is 2.39 bits per heavy atom. The molecule has 1 amide bonds. The van der Waals surface area contributed by atoms with E-state index in [0.717, 1.165) is 13.0 Å². The van der Waals surface area contributed by atoms with Crippen molar-refractivity contribution in [1.82, 2.24) is 5.32 Å². The van der Waals surface area contributed by atoms with Gasteiger partial charge in [0.05, 0.1) is 0 Å². The van der Waals surface area contributed by atoms with Gasteiger partial charge < -0.3 is 15.4 Å². The Morgan fingerprint density at radius 1 is 1.17 bits per heavy atom. The molecule has 4 nitrogen and oxygen atoms in total. The van der Waals surface area contributed by atoms with Crippen LogP contribution in [0.3, 0.4) is 0 Å². The number of para-hydroxylation sites is 1. The van der Waals surface area contributed by atoms with Crippen LogP contribution in [-0.4, -0.2) is 24.8 Å². The number of alkyl carbamates (subject to hydrolysis) is 1. The first-order chi connectivity index (χ1) is 10.7. The van der Waals surface area contributed by atoms with Gasteiger partial charge in [-0.1, -0.05) is 39.0 Å². The molecule has 0 bridgehead atoms. The Hall–Kier alpha value is -1.71. The van der Waals surface area contributed by atoms with Crippen LogP contribution in [0.5, 0.6) is 0 Å². The predicted octanol–water partition coefficient (Wildman–Crippen LogP) is 4.46. The van der Waals surface area contributed by atoms with E-state index in [4.69, 9.17) is 4.74 Å². The smallest absolute Gasteiger partial charge is 0.407 e. The molecule has 0 aromatic heterocycles. The zero-order valence-corrected chi connectivity index (χ0v) is 15.4. The van der Waals surface area contributed by atoms with Crippen molar-refractivity contribution in [3.8, 4) is 0 Å². The lowest BCUT2D eigenvalue weighted by molar-refractivity contribution is 0.0516. The number of hydrogen-bond acceptors (Lipinski definition) is 3. The standard InChI is InChI=1S/C19H32N2O2/c1-7-15-10-8-9-11-17(15)20-12-16(14(2)3)13-21-18(22)23-19(4,5)6/h8-11,14,16,20H,7,12-13H2,1-6H3,(H,21,22). The molecule has 0 saturated heterocycles. The summed E-state index contributed by atoms with van der Waals surface area (Å²) >= 11 is 0. The van der Waals surface area contributed by atoms with Crippen molar-refractivity contribution in [3.63, 3.8) is 0 Å². The molecule has 0 aliphatic heterocycles. The van der Waals surface area contributed by atoms with E-state index in [2.05, 4.69) is 49.6 Å². The first-order valence-electron chi connectivity index (χ1n) is 8.51. The summed E-state index contributed by atoms with van der Waals surface area (Å²) in [5.74, 6) is 0.804. The molecule has 0 spiro atoms. The highest BCUT2D eigenvalue weighted by atomic mass is 16.6. The van der Waals surface area contributed by atoms with Gasteiger partial charge in [0, 0.05) is 18.8 Å². The van der Waals surface area contributed by atoms with Crippen molar-refractivity contribution in [1.29, 1.82) is 0 Å². The molecule has 1 aromatic carbocycles. The van der Waals surface area contributed by atoms with Crippen LogP contribution in [0.25, 0.3) is 0 Å². The van der Waals surface area contributed by atoms with Gasteiger partial charge in [-0.05, 0) is 50.7 Å². The summed E-state index contributed by atoms with van der Waals surface area (Å²) in [4.78, 5) is 11.8. The lowest BCUT2D eigenvalue weighted by Crippen LogP contribution is -2.38. The van der Waals surface area contributed by atoms with Crippen molar-refractivity contribution >= 4 is 11.8 Å². The number of benzene rings is 1. The molecule has 4 heteroatoms. The third kappa shape index (κ3) is 7.40. The number of rotatable bonds is 7. The summed E-state index contributed by atoms with van der Waals surface area (Å²) in [6.45, 7) is 13.5. The van der Waals surface area contributed by atoms with Crippen molar-refractivity contribution in [2.75, 3.05) is 18.4 Å². The number of hydrogen-bond donors (Lipinski definition) is 2. The zero-order chi connectivity index (χ0) is 17.5. The SMILES string of the molecule is CCc1ccccc1NCC(CNC(=O)OC(C)(C)C)C(C)C. The van der Waals surface area contributed by atoms with Crippen molar-refractivity contribution in [3.05, 3.63) is 29.8 Å². The van der Waals surface area contributed by atoms with Crippen LogP contribution in [0, 0.1) is 11.8 Å². The number of carbonyl (C=O) groups excluding carboxylic acids is 1. The van der Waals surface area contributed by atoms with Crippen LogP contribution >= 0.6 is 0 Å². The minimum Gasteiger partial charge on any atom is -0.444 e. The minimum absolute atomic E-state index is 0.340. The van der Waals surface area contributed by atoms with Gasteiger partial charge in [-0.25, -0.2) is 4.79 Å². The van der Waals surface area contributed by atoms with E-state index in [9.17, 15) is 4.79 Å². The Balaban J connectivity index is 2.54. The first kappa shape index (κ1) is 19.3. The Kier molecular flexibility index (Phi) is 7.40. The molecular weight excluding hydrogens is 288 g/mol.